The predicted octanol–water partition coefficient (Wildman–Crippen LogP) is 0.630. The average Bonchev–Trinajstić information content (AvgIpc) is 2.70. The number of carbonyl (C=O) groups excluding carboxylic acids is 4. The van der Waals surface area contributed by atoms with E-state index in [-0.39, 0.29) is 11.4 Å². The summed E-state index contributed by atoms with van der Waals surface area (Å²) in [6.45, 7) is 4.11. The molecular weight excluding hydrogens is 444 g/mol. The van der Waals surface area contributed by atoms with Gasteiger partial charge in [0.25, 0.3) is 0 Å². The lowest BCUT2D eigenvalue weighted by Crippen LogP contribution is -2.67. The molecule has 13 nitrogen and oxygen atoms in total. The van der Waals surface area contributed by atoms with Crippen LogP contribution in [0.3, 0.4) is 0 Å². The number of rotatable bonds is 8. The van der Waals surface area contributed by atoms with Crippen molar-refractivity contribution in [2.45, 2.75) is 58.3 Å². The minimum atomic E-state index is -1.45. The molecule has 1 aromatic rings. The molecule has 33 heavy (non-hydrogen) atoms. The molecule has 0 radical (unpaired) electrons. The van der Waals surface area contributed by atoms with Crippen LogP contribution in [0.2, 0.25) is 0 Å². The van der Waals surface area contributed by atoms with E-state index in [9.17, 15) is 29.3 Å². The van der Waals surface area contributed by atoms with Gasteiger partial charge in [0.15, 0.2) is 18.0 Å². The number of nitro benzene ring substituents is 1. The highest BCUT2D eigenvalue weighted by Gasteiger charge is 2.52. The molecule has 1 aliphatic rings. The zero-order valence-corrected chi connectivity index (χ0v) is 18.3. The fourth-order valence-corrected chi connectivity index (χ4v) is 3.22. The van der Waals surface area contributed by atoms with Crippen molar-refractivity contribution in [1.29, 1.82) is 0 Å². The van der Waals surface area contributed by atoms with Crippen LogP contribution < -0.4 is 10.1 Å². The maximum absolute atomic E-state index is 11.9. The summed E-state index contributed by atoms with van der Waals surface area (Å²) in [7, 11) is 0. The molecule has 2 rings (SSSR count). The first-order valence-electron chi connectivity index (χ1n) is 9.80. The van der Waals surface area contributed by atoms with Crippen molar-refractivity contribution >= 4 is 29.5 Å². The average molecular weight is 468 g/mol. The van der Waals surface area contributed by atoms with Crippen LogP contribution in [-0.4, -0.2) is 66.0 Å². The molecule has 1 fully saturated rings. The van der Waals surface area contributed by atoms with Gasteiger partial charge in [-0.1, -0.05) is 12.1 Å². The monoisotopic (exact) mass is 468 g/mol. The van der Waals surface area contributed by atoms with E-state index >= 15 is 0 Å². The number of nitro groups is 1. The molecule has 0 bridgehead atoms. The minimum Gasteiger partial charge on any atom is -0.463 e. The molecule has 0 aliphatic carbocycles. The number of ether oxygens (including phenoxy) is 5. The molecule has 1 heterocycles. The third kappa shape index (κ3) is 7.14. The van der Waals surface area contributed by atoms with Gasteiger partial charge in [0.2, 0.25) is 12.2 Å². The first-order valence-corrected chi connectivity index (χ1v) is 9.80. The maximum Gasteiger partial charge on any atom is 0.311 e. The van der Waals surface area contributed by atoms with Crippen molar-refractivity contribution in [3.63, 3.8) is 0 Å². The highest BCUT2D eigenvalue weighted by molar-refractivity contribution is 5.73. The Hall–Kier alpha value is -3.74. The molecule has 1 saturated heterocycles. The van der Waals surface area contributed by atoms with Gasteiger partial charge in [-0.25, -0.2) is 0 Å². The Balaban J connectivity index is 2.51. The highest BCUT2D eigenvalue weighted by atomic mass is 16.7. The summed E-state index contributed by atoms with van der Waals surface area (Å²) >= 11 is 0. The molecule has 0 aromatic heterocycles. The van der Waals surface area contributed by atoms with Gasteiger partial charge in [-0.05, 0) is 6.07 Å². The number of nitrogens with zero attached hydrogens (tertiary/aromatic N) is 1. The third-order valence-electron chi connectivity index (χ3n) is 4.38. The standard InChI is InChI=1S/C20H24N2O11/c1-10(23)21-17-19(31-13(4)26)18(30-12(3)25)16(9-29-11(2)24)33-20(17)32-15-8-6-5-7-14(15)22(27)28/h5-8,16-20H,9H2,1-4H3,(H,21,23)/t16-,17+,18-,19+,20-/m0/s1. The molecule has 13 heteroatoms. The molecule has 1 aromatic carbocycles. The van der Waals surface area contributed by atoms with Crippen molar-refractivity contribution in [3.05, 3.63) is 34.4 Å². The predicted molar refractivity (Wildman–Crippen MR) is 108 cm³/mol. The Morgan fingerprint density at radius 3 is 2.15 bits per heavy atom. The maximum atomic E-state index is 11.9. The molecular formula is C20H24N2O11. The summed E-state index contributed by atoms with van der Waals surface area (Å²) in [5, 5.41) is 13.9. The van der Waals surface area contributed by atoms with Gasteiger partial charge in [0.05, 0.1) is 4.92 Å². The van der Waals surface area contributed by atoms with Gasteiger partial charge in [0, 0.05) is 33.8 Å². The quantitative estimate of drug-likeness (QED) is 0.246. The van der Waals surface area contributed by atoms with Crippen LogP contribution >= 0.6 is 0 Å². The summed E-state index contributed by atoms with van der Waals surface area (Å²) in [5.74, 6) is -2.96. The van der Waals surface area contributed by atoms with E-state index in [2.05, 4.69) is 5.32 Å². The number of hydrogen-bond donors (Lipinski definition) is 1. The van der Waals surface area contributed by atoms with E-state index in [1.807, 2.05) is 0 Å². The highest BCUT2D eigenvalue weighted by Crippen LogP contribution is 2.32. The molecule has 1 N–H and O–H groups in total. The first-order chi connectivity index (χ1) is 15.5. The third-order valence-corrected chi connectivity index (χ3v) is 4.38. The van der Waals surface area contributed by atoms with Crippen LogP contribution in [0.1, 0.15) is 27.7 Å². The normalized spacial score (nSPS) is 24.2. The number of benzene rings is 1. The largest absolute Gasteiger partial charge is 0.463 e. The van der Waals surface area contributed by atoms with Gasteiger partial charge >= 0.3 is 23.6 Å². The zero-order valence-electron chi connectivity index (χ0n) is 18.3. The molecule has 0 unspecified atom stereocenters. The van der Waals surface area contributed by atoms with Crippen molar-refractivity contribution in [2.24, 2.45) is 0 Å². The minimum absolute atomic E-state index is 0.193. The van der Waals surface area contributed by atoms with Crippen LogP contribution in [0.4, 0.5) is 5.69 Å². The summed E-state index contributed by atoms with van der Waals surface area (Å²) in [6, 6.07) is 4.18. The Morgan fingerprint density at radius 1 is 1.00 bits per heavy atom. The van der Waals surface area contributed by atoms with Crippen LogP contribution in [0, 0.1) is 10.1 Å². The van der Waals surface area contributed by atoms with E-state index < -0.39 is 66.0 Å². The van der Waals surface area contributed by atoms with E-state index in [4.69, 9.17) is 23.7 Å². The van der Waals surface area contributed by atoms with Crippen molar-refractivity contribution in [3.8, 4) is 5.75 Å². The fraction of sp³-hybridized carbons (Fsp3) is 0.500. The molecule has 180 valence electrons. The van der Waals surface area contributed by atoms with Crippen LogP contribution in [-0.2, 0) is 38.1 Å². The zero-order chi connectivity index (χ0) is 24.7. The lowest BCUT2D eigenvalue weighted by molar-refractivity contribution is -0.386. The Bertz CT molecular complexity index is 919. The van der Waals surface area contributed by atoms with Crippen LogP contribution in [0.25, 0.3) is 0 Å². The van der Waals surface area contributed by atoms with E-state index in [1.165, 1.54) is 31.2 Å². The van der Waals surface area contributed by atoms with Crippen molar-refractivity contribution in [2.75, 3.05) is 6.61 Å². The van der Waals surface area contributed by atoms with Gasteiger partial charge in [-0.15, -0.1) is 0 Å². The second-order valence-corrected chi connectivity index (χ2v) is 7.06. The number of hydrogen-bond acceptors (Lipinski definition) is 11. The molecule has 1 amide bonds. The lowest BCUT2D eigenvalue weighted by atomic mass is 9.96. The SMILES string of the molecule is CC(=O)N[C@H]1[C@@H](Oc2ccccc2[N+](=O)[O-])O[C@@H](COC(C)=O)[C@H](OC(C)=O)[C@@H]1OC(C)=O. The summed E-state index contributed by atoms with van der Waals surface area (Å²) < 4.78 is 27.1. The smallest absolute Gasteiger partial charge is 0.311 e. The van der Waals surface area contributed by atoms with Gasteiger partial charge < -0.3 is 29.0 Å². The number of esters is 3. The summed E-state index contributed by atoms with van der Waals surface area (Å²) in [5.41, 5.74) is -0.384. The second-order valence-electron chi connectivity index (χ2n) is 7.06. The van der Waals surface area contributed by atoms with Crippen LogP contribution in [0.5, 0.6) is 5.75 Å². The first kappa shape index (κ1) is 25.5. The molecule has 1 aliphatic heterocycles. The van der Waals surface area contributed by atoms with Gasteiger partial charge in [-0.3, -0.25) is 29.3 Å². The molecule has 0 spiro atoms. The Morgan fingerprint density at radius 2 is 1.61 bits per heavy atom. The van der Waals surface area contributed by atoms with Crippen molar-refractivity contribution < 1.29 is 47.8 Å². The lowest BCUT2D eigenvalue weighted by Gasteiger charge is -2.44. The van der Waals surface area contributed by atoms with Crippen LogP contribution in [0.15, 0.2) is 24.3 Å². The summed E-state index contributed by atoms with van der Waals surface area (Å²) in [6.07, 6.45) is -5.28. The molecule has 5 atom stereocenters. The van der Waals surface area contributed by atoms with Gasteiger partial charge in [0.1, 0.15) is 18.8 Å². The van der Waals surface area contributed by atoms with Gasteiger partial charge in [-0.2, -0.15) is 0 Å². The number of amides is 1. The molecule has 0 saturated carbocycles. The van der Waals surface area contributed by atoms with E-state index in [0.717, 1.165) is 20.8 Å². The topological polar surface area (TPSA) is 170 Å². The van der Waals surface area contributed by atoms with Crippen molar-refractivity contribution in [1.82, 2.24) is 5.32 Å². The number of nitrogens with one attached hydrogen (secondary N) is 1. The number of carbonyl (C=O) groups is 4. The van der Waals surface area contributed by atoms with E-state index in [1.54, 1.807) is 0 Å². The second kappa shape index (κ2) is 11.2. The number of para-hydroxylation sites is 2. The Labute approximate surface area is 188 Å². The Kier molecular flexibility index (Phi) is 8.68. The van der Waals surface area contributed by atoms with E-state index in [0.29, 0.717) is 0 Å². The summed E-state index contributed by atoms with van der Waals surface area (Å²) in [4.78, 5) is 57.5. The fourth-order valence-electron chi connectivity index (χ4n) is 3.22.